The van der Waals surface area contributed by atoms with E-state index in [1.54, 1.807) is 30.3 Å². The van der Waals surface area contributed by atoms with Gasteiger partial charge in [0.2, 0.25) is 0 Å². The smallest absolute Gasteiger partial charge is 0.390 e. The lowest BCUT2D eigenvalue weighted by atomic mass is 10.2. The lowest BCUT2D eigenvalue weighted by Crippen LogP contribution is -2.35. The first kappa shape index (κ1) is 17.5. The largest absolute Gasteiger partial charge is 0.480 e. The normalized spacial score (nSPS) is 11.3. The number of aliphatic carboxylic acids is 1. The number of aryl methyl sites for hydroxylation is 1. The standard InChI is InChI=1S/C15H14F3N3O3/c16-15(17,18)6-7-20-9-11(8-19-20)14(24)21(10-13(22)23)12-4-2-1-3-5-12/h1-5,8-9H,6-7,10H2,(H,22,23). The summed E-state index contributed by atoms with van der Waals surface area (Å²) in [6.45, 7) is -0.988. The van der Waals surface area contributed by atoms with Gasteiger partial charge in [0.25, 0.3) is 5.91 Å². The maximum absolute atomic E-state index is 12.5. The zero-order valence-electron chi connectivity index (χ0n) is 12.4. The molecule has 1 aromatic heterocycles. The lowest BCUT2D eigenvalue weighted by molar-refractivity contribution is -0.137. The number of carbonyl (C=O) groups excluding carboxylic acids is 1. The van der Waals surface area contributed by atoms with Crippen LogP contribution in [-0.2, 0) is 11.3 Å². The van der Waals surface area contributed by atoms with E-state index in [9.17, 15) is 22.8 Å². The van der Waals surface area contributed by atoms with E-state index >= 15 is 0 Å². The third kappa shape index (κ3) is 4.83. The molecule has 0 fully saturated rings. The summed E-state index contributed by atoms with van der Waals surface area (Å²) < 4.78 is 37.7. The van der Waals surface area contributed by atoms with Crippen molar-refractivity contribution in [3.63, 3.8) is 0 Å². The molecule has 1 N–H and O–H groups in total. The van der Waals surface area contributed by atoms with Gasteiger partial charge in [-0.3, -0.25) is 19.2 Å². The summed E-state index contributed by atoms with van der Waals surface area (Å²) in [4.78, 5) is 24.5. The highest BCUT2D eigenvalue weighted by molar-refractivity contribution is 6.07. The summed E-state index contributed by atoms with van der Waals surface area (Å²) >= 11 is 0. The van der Waals surface area contributed by atoms with Crippen LogP contribution in [0.15, 0.2) is 42.7 Å². The number of amides is 1. The fourth-order valence-electron chi connectivity index (χ4n) is 2.02. The Bertz CT molecular complexity index is 713. The third-order valence-electron chi connectivity index (χ3n) is 3.11. The molecule has 6 nitrogen and oxygen atoms in total. The first-order valence-electron chi connectivity index (χ1n) is 6.94. The highest BCUT2D eigenvalue weighted by atomic mass is 19.4. The summed E-state index contributed by atoms with van der Waals surface area (Å²) in [5.41, 5.74) is 0.384. The molecule has 0 unspecified atom stereocenters. The van der Waals surface area contributed by atoms with Crippen LogP contribution in [0, 0.1) is 0 Å². The van der Waals surface area contributed by atoms with Gasteiger partial charge in [0.15, 0.2) is 0 Å². The Labute approximate surface area is 135 Å². The fourth-order valence-corrected chi connectivity index (χ4v) is 2.02. The van der Waals surface area contributed by atoms with E-state index in [-0.39, 0.29) is 5.56 Å². The number of aromatic nitrogens is 2. The molecule has 1 amide bonds. The molecule has 0 atom stereocenters. The molecule has 24 heavy (non-hydrogen) atoms. The Morgan fingerprint density at radius 1 is 1.21 bits per heavy atom. The molecule has 1 heterocycles. The van der Waals surface area contributed by atoms with Gasteiger partial charge in [0.05, 0.1) is 18.2 Å². The molecule has 0 aliphatic heterocycles. The van der Waals surface area contributed by atoms with Gasteiger partial charge in [-0.15, -0.1) is 0 Å². The van der Waals surface area contributed by atoms with Gasteiger partial charge in [0.1, 0.15) is 6.54 Å². The summed E-state index contributed by atoms with van der Waals surface area (Å²) in [6, 6.07) is 8.13. The van der Waals surface area contributed by atoms with E-state index in [4.69, 9.17) is 5.11 Å². The van der Waals surface area contributed by atoms with Gasteiger partial charge in [0, 0.05) is 18.4 Å². The first-order chi connectivity index (χ1) is 11.3. The number of rotatable bonds is 6. The lowest BCUT2D eigenvalue weighted by Gasteiger charge is -2.20. The van der Waals surface area contributed by atoms with Crippen molar-refractivity contribution in [1.82, 2.24) is 9.78 Å². The number of anilines is 1. The molecule has 128 valence electrons. The number of halogens is 3. The molecule has 0 saturated carbocycles. The van der Waals surface area contributed by atoms with Crippen LogP contribution >= 0.6 is 0 Å². The van der Waals surface area contributed by atoms with Crippen LogP contribution in [0.3, 0.4) is 0 Å². The third-order valence-corrected chi connectivity index (χ3v) is 3.11. The topological polar surface area (TPSA) is 75.4 Å². The molecule has 9 heteroatoms. The van der Waals surface area contributed by atoms with E-state index < -0.39 is 37.6 Å². The molecule has 0 aliphatic rings. The Morgan fingerprint density at radius 2 is 1.88 bits per heavy atom. The number of hydrogen-bond acceptors (Lipinski definition) is 3. The molecule has 0 radical (unpaired) electrons. The second-order valence-electron chi connectivity index (χ2n) is 4.98. The van der Waals surface area contributed by atoms with E-state index in [1.165, 1.54) is 6.20 Å². The van der Waals surface area contributed by atoms with Gasteiger partial charge in [-0.25, -0.2) is 0 Å². The first-order valence-corrected chi connectivity index (χ1v) is 6.94. The van der Waals surface area contributed by atoms with E-state index in [0.717, 1.165) is 15.8 Å². The second kappa shape index (κ2) is 7.16. The predicted octanol–water partition coefficient (Wildman–Crippen LogP) is 2.57. The monoisotopic (exact) mass is 341 g/mol. The van der Waals surface area contributed by atoms with Crippen molar-refractivity contribution >= 4 is 17.6 Å². The summed E-state index contributed by atoms with van der Waals surface area (Å²) in [5.74, 6) is -1.86. The van der Waals surface area contributed by atoms with Gasteiger partial charge in [-0.05, 0) is 12.1 Å². The fraction of sp³-hybridized carbons (Fsp3) is 0.267. The van der Waals surface area contributed by atoms with Crippen LogP contribution in [-0.4, -0.2) is 39.5 Å². The van der Waals surface area contributed by atoms with Crippen LogP contribution < -0.4 is 4.90 Å². The summed E-state index contributed by atoms with van der Waals surface area (Å²) in [5, 5.41) is 12.7. The number of hydrogen-bond donors (Lipinski definition) is 1. The number of carbonyl (C=O) groups is 2. The molecule has 0 spiro atoms. The zero-order valence-corrected chi connectivity index (χ0v) is 12.4. The number of para-hydroxylation sites is 1. The van der Waals surface area contributed by atoms with Crippen LogP contribution in [0.1, 0.15) is 16.8 Å². The van der Waals surface area contributed by atoms with Crippen molar-refractivity contribution in [3.8, 4) is 0 Å². The minimum Gasteiger partial charge on any atom is -0.480 e. The second-order valence-corrected chi connectivity index (χ2v) is 4.98. The van der Waals surface area contributed by atoms with Gasteiger partial charge < -0.3 is 5.11 Å². The number of nitrogens with zero attached hydrogens (tertiary/aromatic N) is 3. The van der Waals surface area contributed by atoms with Crippen LogP contribution in [0.4, 0.5) is 18.9 Å². The van der Waals surface area contributed by atoms with Crippen molar-refractivity contribution < 1.29 is 27.9 Å². The molecule has 2 rings (SSSR count). The number of carboxylic acids is 1. The minimum atomic E-state index is -4.32. The average Bonchev–Trinajstić information content (AvgIpc) is 2.99. The zero-order chi connectivity index (χ0) is 17.7. The average molecular weight is 341 g/mol. The molecule has 0 bridgehead atoms. The maximum Gasteiger partial charge on any atom is 0.390 e. The summed E-state index contributed by atoms with van der Waals surface area (Å²) in [7, 11) is 0. The van der Waals surface area contributed by atoms with Gasteiger partial charge >= 0.3 is 12.1 Å². The van der Waals surface area contributed by atoms with Crippen LogP contribution in [0.2, 0.25) is 0 Å². The Kier molecular flexibility index (Phi) is 5.22. The van der Waals surface area contributed by atoms with Gasteiger partial charge in [-0.2, -0.15) is 18.3 Å². The van der Waals surface area contributed by atoms with E-state index in [1.807, 2.05) is 0 Å². The Balaban J connectivity index is 2.18. The number of alkyl halides is 3. The van der Waals surface area contributed by atoms with Crippen molar-refractivity contribution in [1.29, 1.82) is 0 Å². The van der Waals surface area contributed by atoms with Crippen LogP contribution in [0.5, 0.6) is 0 Å². The highest BCUT2D eigenvalue weighted by Crippen LogP contribution is 2.21. The molecular weight excluding hydrogens is 327 g/mol. The molecule has 2 aromatic rings. The number of benzene rings is 1. The molecule has 1 aromatic carbocycles. The van der Waals surface area contributed by atoms with E-state index in [0.29, 0.717) is 5.69 Å². The predicted molar refractivity (Wildman–Crippen MR) is 78.7 cm³/mol. The highest BCUT2D eigenvalue weighted by Gasteiger charge is 2.27. The minimum absolute atomic E-state index is 0.0160. The van der Waals surface area contributed by atoms with Crippen molar-refractivity contribution in [2.75, 3.05) is 11.4 Å². The van der Waals surface area contributed by atoms with E-state index in [2.05, 4.69) is 5.10 Å². The maximum atomic E-state index is 12.5. The SMILES string of the molecule is O=C(O)CN(C(=O)c1cnn(CCC(F)(F)F)c1)c1ccccc1. The molecule has 0 aliphatic carbocycles. The van der Waals surface area contributed by atoms with Crippen molar-refractivity contribution in [3.05, 3.63) is 48.3 Å². The van der Waals surface area contributed by atoms with Crippen molar-refractivity contribution in [2.45, 2.75) is 19.1 Å². The molecular formula is C15H14F3N3O3. The Morgan fingerprint density at radius 3 is 2.46 bits per heavy atom. The number of carboxylic acid groups (broad SMARTS) is 1. The van der Waals surface area contributed by atoms with Gasteiger partial charge in [-0.1, -0.05) is 18.2 Å². The quantitative estimate of drug-likeness (QED) is 0.876. The van der Waals surface area contributed by atoms with Crippen LogP contribution in [0.25, 0.3) is 0 Å². The Hall–Kier alpha value is -2.84. The summed E-state index contributed by atoms with van der Waals surface area (Å²) in [6.07, 6.45) is -3.10. The molecule has 0 saturated heterocycles. The van der Waals surface area contributed by atoms with Crippen molar-refractivity contribution in [2.24, 2.45) is 0 Å².